The van der Waals surface area contributed by atoms with Gasteiger partial charge in [0.1, 0.15) is 0 Å². The molecule has 1 aliphatic rings. The molecule has 0 saturated heterocycles. The van der Waals surface area contributed by atoms with Gasteiger partial charge in [0, 0.05) is 18.8 Å². The van der Waals surface area contributed by atoms with Gasteiger partial charge < -0.3 is 8.85 Å². The van der Waals surface area contributed by atoms with Crippen molar-refractivity contribution in [3.05, 3.63) is 0 Å². The van der Waals surface area contributed by atoms with E-state index in [1.165, 1.54) is 12.8 Å². The Morgan fingerprint density at radius 3 is 1.87 bits per heavy atom. The molecule has 0 spiro atoms. The van der Waals surface area contributed by atoms with Crippen molar-refractivity contribution in [2.75, 3.05) is 13.2 Å². The van der Waals surface area contributed by atoms with Crippen LogP contribution in [-0.2, 0) is 8.85 Å². The van der Waals surface area contributed by atoms with Crippen molar-refractivity contribution in [1.29, 1.82) is 0 Å². The summed E-state index contributed by atoms with van der Waals surface area (Å²) in [5, 5.41) is 0. The smallest absolute Gasteiger partial charge is 0.325 e. The van der Waals surface area contributed by atoms with Crippen LogP contribution in [0, 0.1) is 11.3 Å². The van der Waals surface area contributed by atoms with Crippen molar-refractivity contribution >= 4 is 9.28 Å². The lowest BCUT2D eigenvalue weighted by Crippen LogP contribution is -2.37. The Kier molecular flexibility index (Phi) is 4.81. The predicted molar refractivity (Wildman–Crippen MR) is 66.3 cm³/mol. The Morgan fingerprint density at radius 1 is 1.13 bits per heavy atom. The summed E-state index contributed by atoms with van der Waals surface area (Å²) < 4.78 is 11.8. The fraction of sp³-hybridized carbons (Fsp3) is 1.00. The van der Waals surface area contributed by atoms with Crippen LogP contribution < -0.4 is 0 Å². The first-order chi connectivity index (χ1) is 7.00. The maximum Gasteiger partial charge on any atom is 0.325 e. The number of hydrogen-bond acceptors (Lipinski definition) is 2. The fourth-order valence-corrected chi connectivity index (χ4v) is 5.19. The van der Waals surface area contributed by atoms with Crippen LogP contribution in [-0.4, -0.2) is 22.5 Å². The van der Waals surface area contributed by atoms with E-state index in [2.05, 4.69) is 34.6 Å². The molecule has 1 atom stereocenters. The van der Waals surface area contributed by atoms with Crippen LogP contribution in [0.25, 0.3) is 0 Å². The molecule has 1 saturated carbocycles. The summed E-state index contributed by atoms with van der Waals surface area (Å²) in [6.45, 7) is 12.7. The molecule has 0 heterocycles. The highest BCUT2D eigenvalue weighted by molar-refractivity contribution is 6.46. The van der Waals surface area contributed by atoms with Gasteiger partial charge in [-0.1, -0.05) is 33.6 Å². The van der Waals surface area contributed by atoms with E-state index in [-0.39, 0.29) is 0 Å². The molecule has 15 heavy (non-hydrogen) atoms. The third-order valence-corrected chi connectivity index (χ3v) is 6.54. The highest BCUT2D eigenvalue weighted by Gasteiger charge is 2.45. The summed E-state index contributed by atoms with van der Waals surface area (Å²) in [6.07, 6.45) is 2.76. The lowest BCUT2D eigenvalue weighted by Gasteiger charge is -2.35. The largest absolute Gasteiger partial charge is 0.397 e. The maximum absolute atomic E-state index is 5.89. The normalized spacial score (nSPS) is 19.6. The summed E-state index contributed by atoms with van der Waals surface area (Å²) >= 11 is 0. The number of rotatable bonds is 6. The van der Waals surface area contributed by atoms with Crippen molar-refractivity contribution in [3.8, 4) is 0 Å². The molecule has 0 amide bonds. The molecule has 0 aromatic rings. The topological polar surface area (TPSA) is 18.5 Å². The highest BCUT2D eigenvalue weighted by atomic mass is 28.3. The van der Waals surface area contributed by atoms with E-state index in [9.17, 15) is 0 Å². The average molecular weight is 230 g/mol. The summed E-state index contributed by atoms with van der Waals surface area (Å²) in [4.78, 5) is 0. The molecule has 1 fully saturated rings. The van der Waals surface area contributed by atoms with Gasteiger partial charge in [0.15, 0.2) is 0 Å². The molecule has 0 N–H and O–H groups in total. The molecule has 1 rings (SSSR count). The van der Waals surface area contributed by atoms with E-state index in [0.29, 0.717) is 11.0 Å². The van der Waals surface area contributed by atoms with Crippen molar-refractivity contribution in [2.24, 2.45) is 11.3 Å². The second-order valence-corrected chi connectivity index (χ2v) is 7.63. The molecule has 1 aliphatic carbocycles. The second-order valence-electron chi connectivity index (χ2n) is 5.51. The quantitative estimate of drug-likeness (QED) is 0.653. The van der Waals surface area contributed by atoms with Crippen LogP contribution in [0.2, 0.25) is 5.54 Å². The van der Waals surface area contributed by atoms with Crippen LogP contribution >= 0.6 is 0 Å². The minimum absolute atomic E-state index is 0.336. The summed E-state index contributed by atoms with van der Waals surface area (Å²) in [6, 6.07) is 0. The average Bonchev–Trinajstić information content (AvgIpc) is 2.87. The van der Waals surface area contributed by atoms with E-state index in [1.54, 1.807) is 0 Å². The highest BCUT2D eigenvalue weighted by Crippen LogP contribution is 2.51. The van der Waals surface area contributed by atoms with E-state index >= 15 is 0 Å². The Balaban J connectivity index is 2.65. The van der Waals surface area contributed by atoms with Gasteiger partial charge in [-0.05, 0) is 25.2 Å². The molecule has 0 aromatic heterocycles. The Hall–Kier alpha value is 0.137. The van der Waals surface area contributed by atoms with Gasteiger partial charge in [0.25, 0.3) is 0 Å². The van der Waals surface area contributed by atoms with Crippen LogP contribution in [0.15, 0.2) is 0 Å². The predicted octanol–water partition coefficient (Wildman–Crippen LogP) is 3.11. The molecule has 0 radical (unpaired) electrons. The van der Waals surface area contributed by atoms with Crippen LogP contribution in [0.1, 0.15) is 47.5 Å². The fourth-order valence-electron chi connectivity index (χ4n) is 2.38. The monoisotopic (exact) mass is 230 g/mol. The van der Waals surface area contributed by atoms with Crippen LogP contribution in [0.3, 0.4) is 0 Å². The first-order valence-corrected chi connectivity index (χ1v) is 7.84. The maximum atomic E-state index is 5.89. The van der Waals surface area contributed by atoms with Gasteiger partial charge >= 0.3 is 9.28 Å². The Morgan fingerprint density at radius 2 is 1.60 bits per heavy atom. The molecule has 3 heteroatoms. The van der Waals surface area contributed by atoms with E-state index in [4.69, 9.17) is 8.85 Å². The van der Waals surface area contributed by atoms with Gasteiger partial charge in [0.05, 0.1) is 0 Å². The summed E-state index contributed by atoms with van der Waals surface area (Å²) in [7, 11) is -1.47. The van der Waals surface area contributed by atoms with Crippen molar-refractivity contribution in [1.82, 2.24) is 0 Å². The van der Waals surface area contributed by atoms with E-state index in [1.807, 2.05) is 0 Å². The van der Waals surface area contributed by atoms with Gasteiger partial charge in [0.2, 0.25) is 0 Å². The Bertz CT molecular complexity index is 179. The zero-order valence-electron chi connectivity index (χ0n) is 10.9. The molecule has 0 bridgehead atoms. The molecule has 90 valence electrons. The standard InChI is InChI=1S/C12H26O2Si/c1-6-13-15(14-7-2)11(10-8-9-10)12(3,4)5/h10-11,15H,6-9H2,1-5H3. The SMILES string of the molecule is CCO[SiH](OCC)C(C1CC1)C(C)(C)C. The van der Waals surface area contributed by atoms with Crippen molar-refractivity contribution < 1.29 is 8.85 Å². The van der Waals surface area contributed by atoms with Crippen LogP contribution in [0.5, 0.6) is 0 Å². The van der Waals surface area contributed by atoms with Gasteiger partial charge in [-0.2, -0.15) is 0 Å². The summed E-state index contributed by atoms with van der Waals surface area (Å²) in [5.41, 5.74) is 1.01. The zero-order chi connectivity index (χ0) is 11.5. The van der Waals surface area contributed by atoms with Gasteiger partial charge in [-0.25, -0.2) is 0 Å². The molecular weight excluding hydrogens is 204 g/mol. The third-order valence-electron chi connectivity index (χ3n) is 3.08. The zero-order valence-corrected chi connectivity index (χ0v) is 12.0. The Labute approximate surface area is 96.2 Å². The molecule has 2 nitrogen and oxygen atoms in total. The van der Waals surface area contributed by atoms with Gasteiger partial charge in [-0.3, -0.25) is 0 Å². The minimum atomic E-state index is -1.47. The van der Waals surface area contributed by atoms with Crippen molar-refractivity contribution in [3.63, 3.8) is 0 Å². The lowest BCUT2D eigenvalue weighted by molar-refractivity contribution is 0.173. The molecular formula is C12H26O2Si. The first kappa shape index (κ1) is 13.2. The molecule has 0 aromatic carbocycles. The second kappa shape index (κ2) is 5.46. The van der Waals surface area contributed by atoms with Gasteiger partial charge in [-0.15, -0.1) is 0 Å². The molecule has 0 aliphatic heterocycles. The summed E-state index contributed by atoms with van der Waals surface area (Å²) in [5.74, 6) is 0.875. The van der Waals surface area contributed by atoms with Crippen molar-refractivity contribution in [2.45, 2.75) is 53.0 Å². The lowest BCUT2D eigenvalue weighted by atomic mass is 9.89. The molecule has 1 unspecified atom stereocenters. The first-order valence-electron chi connectivity index (χ1n) is 6.23. The minimum Gasteiger partial charge on any atom is -0.397 e. The van der Waals surface area contributed by atoms with Crippen LogP contribution in [0.4, 0.5) is 0 Å². The van der Waals surface area contributed by atoms with E-state index < -0.39 is 9.28 Å². The number of hydrogen-bond donors (Lipinski definition) is 0. The third kappa shape index (κ3) is 3.89. The van der Waals surface area contributed by atoms with E-state index in [0.717, 1.165) is 19.1 Å².